The molecular formula is C35H38N4O. The SMILES string of the molecule is Cc1ccc(/C=C/C(=O)N(Cc2ccc(N(C)c3ccncc3)cc2)C2CCN(Cc3ccccc3)CC2)cc1. The minimum absolute atomic E-state index is 0.0695. The maximum absolute atomic E-state index is 13.6. The summed E-state index contributed by atoms with van der Waals surface area (Å²) in [7, 11) is 2.05. The van der Waals surface area contributed by atoms with Crippen molar-refractivity contribution in [2.24, 2.45) is 0 Å². The van der Waals surface area contributed by atoms with E-state index in [0.717, 1.165) is 55.0 Å². The van der Waals surface area contributed by atoms with Crippen LogP contribution in [0.15, 0.2) is 109 Å². The average Bonchev–Trinajstić information content (AvgIpc) is 3.01. The van der Waals surface area contributed by atoms with Gasteiger partial charge in [0.15, 0.2) is 0 Å². The first-order chi connectivity index (χ1) is 19.5. The number of likely N-dealkylation sites (tertiary alicyclic amines) is 1. The highest BCUT2D eigenvalue weighted by atomic mass is 16.2. The number of aromatic nitrogens is 1. The highest BCUT2D eigenvalue weighted by Crippen LogP contribution is 2.25. The summed E-state index contributed by atoms with van der Waals surface area (Å²) in [6, 6.07) is 31.7. The molecule has 4 aromatic rings. The summed E-state index contributed by atoms with van der Waals surface area (Å²) in [5, 5.41) is 0. The Morgan fingerprint density at radius 1 is 0.850 bits per heavy atom. The smallest absolute Gasteiger partial charge is 0.247 e. The van der Waals surface area contributed by atoms with Crippen LogP contribution < -0.4 is 4.90 Å². The van der Waals surface area contributed by atoms with Gasteiger partial charge in [0.1, 0.15) is 0 Å². The molecule has 1 saturated heterocycles. The van der Waals surface area contributed by atoms with Crippen LogP contribution in [0.25, 0.3) is 6.08 Å². The van der Waals surface area contributed by atoms with E-state index in [1.807, 2.05) is 18.2 Å². The summed E-state index contributed by atoms with van der Waals surface area (Å²) in [5.74, 6) is 0.0695. The molecule has 0 atom stereocenters. The molecule has 40 heavy (non-hydrogen) atoms. The van der Waals surface area contributed by atoms with Crippen molar-refractivity contribution in [3.8, 4) is 0 Å². The number of piperidine rings is 1. The van der Waals surface area contributed by atoms with Gasteiger partial charge in [0.05, 0.1) is 0 Å². The molecule has 1 aliphatic rings. The number of anilines is 2. The average molecular weight is 531 g/mol. The number of hydrogen-bond donors (Lipinski definition) is 0. The largest absolute Gasteiger partial charge is 0.345 e. The molecule has 5 nitrogen and oxygen atoms in total. The van der Waals surface area contributed by atoms with Crippen LogP contribution in [0, 0.1) is 6.92 Å². The maximum Gasteiger partial charge on any atom is 0.247 e. The first-order valence-corrected chi connectivity index (χ1v) is 14.1. The lowest BCUT2D eigenvalue weighted by Crippen LogP contribution is -2.46. The number of pyridine rings is 1. The summed E-state index contributed by atoms with van der Waals surface area (Å²) >= 11 is 0. The third-order valence-corrected chi connectivity index (χ3v) is 7.75. The predicted molar refractivity (Wildman–Crippen MR) is 164 cm³/mol. The molecule has 0 radical (unpaired) electrons. The van der Waals surface area contributed by atoms with Crippen molar-refractivity contribution < 1.29 is 4.79 Å². The molecule has 2 heterocycles. The quantitative estimate of drug-likeness (QED) is 0.222. The Morgan fingerprint density at radius 3 is 2.17 bits per heavy atom. The third-order valence-electron chi connectivity index (χ3n) is 7.75. The molecule has 5 heteroatoms. The zero-order chi connectivity index (χ0) is 27.7. The monoisotopic (exact) mass is 530 g/mol. The summed E-state index contributed by atoms with van der Waals surface area (Å²) in [6.07, 6.45) is 9.23. The lowest BCUT2D eigenvalue weighted by Gasteiger charge is -2.38. The van der Waals surface area contributed by atoms with E-state index in [1.54, 1.807) is 18.5 Å². The Hall–Kier alpha value is -4.22. The summed E-state index contributed by atoms with van der Waals surface area (Å²) in [6.45, 7) is 5.60. The van der Waals surface area contributed by atoms with Crippen LogP contribution in [0.5, 0.6) is 0 Å². The molecule has 0 saturated carbocycles. The highest BCUT2D eigenvalue weighted by Gasteiger charge is 2.27. The fourth-order valence-corrected chi connectivity index (χ4v) is 5.30. The van der Waals surface area contributed by atoms with Gasteiger partial charge < -0.3 is 9.80 Å². The zero-order valence-electron chi connectivity index (χ0n) is 23.5. The first-order valence-electron chi connectivity index (χ1n) is 14.1. The number of aryl methyl sites for hydroxylation is 1. The zero-order valence-corrected chi connectivity index (χ0v) is 23.5. The number of benzene rings is 3. The van der Waals surface area contributed by atoms with Crippen LogP contribution >= 0.6 is 0 Å². The fourth-order valence-electron chi connectivity index (χ4n) is 5.30. The highest BCUT2D eigenvalue weighted by molar-refractivity contribution is 5.92. The molecule has 1 aromatic heterocycles. The van der Waals surface area contributed by atoms with Gasteiger partial charge in [0.25, 0.3) is 0 Å². The van der Waals surface area contributed by atoms with Crippen molar-refractivity contribution in [1.29, 1.82) is 0 Å². The van der Waals surface area contributed by atoms with Gasteiger partial charge in [-0.3, -0.25) is 14.7 Å². The Kier molecular flexibility index (Phi) is 9.04. The summed E-state index contributed by atoms with van der Waals surface area (Å²) in [5.41, 5.74) is 6.91. The van der Waals surface area contributed by atoms with E-state index >= 15 is 0 Å². The van der Waals surface area contributed by atoms with Crippen molar-refractivity contribution in [2.45, 2.75) is 38.9 Å². The van der Waals surface area contributed by atoms with Gasteiger partial charge in [-0.05, 0) is 66.8 Å². The van der Waals surface area contributed by atoms with Gasteiger partial charge in [0, 0.05) is 69.1 Å². The predicted octanol–water partition coefficient (Wildman–Crippen LogP) is 6.86. The van der Waals surface area contributed by atoms with Gasteiger partial charge >= 0.3 is 0 Å². The molecule has 0 spiro atoms. The van der Waals surface area contributed by atoms with Gasteiger partial charge in [0.2, 0.25) is 5.91 Å². The van der Waals surface area contributed by atoms with Crippen LogP contribution in [0.4, 0.5) is 11.4 Å². The Balaban J connectivity index is 1.29. The maximum atomic E-state index is 13.6. The summed E-state index contributed by atoms with van der Waals surface area (Å²) < 4.78 is 0. The first kappa shape index (κ1) is 27.4. The van der Waals surface area contributed by atoms with Gasteiger partial charge in [-0.25, -0.2) is 0 Å². The van der Waals surface area contributed by atoms with E-state index in [9.17, 15) is 4.79 Å². The van der Waals surface area contributed by atoms with Crippen molar-refractivity contribution in [1.82, 2.24) is 14.8 Å². The molecule has 3 aromatic carbocycles. The number of rotatable bonds is 9. The van der Waals surface area contributed by atoms with Crippen molar-refractivity contribution in [3.63, 3.8) is 0 Å². The standard InChI is InChI=1S/C35H38N4O/c1-28-8-10-29(11-9-28)14-17-35(40)39(34-20-24-38(25-21-34)26-30-6-4-3-5-7-30)27-31-12-15-32(16-13-31)37(2)33-18-22-36-23-19-33/h3-19,22-23,34H,20-21,24-27H2,1-2H3/b17-14+. The van der Waals surface area contributed by atoms with Gasteiger partial charge in [-0.2, -0.15) is 0 Å². The molecular weight excluding hydrogens is 492 g/mol. The van der Waals surface area contributed by atoms with Crippen LogP contribution in [-0.4, -0.2) is 46.9 Å². The molecule has 1 amide bonds. The number of nitrogens with zero attached hydrogens (tertiary/aromatic N) is 4. The van der Waals surface area contributed by atoms with Crippen molar-refractivity contribution >= 4 is 23.4 Å². The molecule has 0 N–H and O–H groups in total. The molecule has 1 fully saturated rings. The van der Waals surface area contributed by atoms with E-state index in [4.69, 9.17) is 0 Å². The minimum atomic E-state index is 0.0695. The lowest BCUT2D eigenvalue weighted by molar-refractivity contribution is -0.130. The van der Waals surface area contributed by atoms with Crippen LogP contribution in [0.3, 0.4) is 0 Å². The van der Waals surface area contributed by atoms with Gasteiger partial charge in [-0.1, -0.05) is 72.3 Å². The van der Waals surface area contributed by atoms with Crippen molar-refractivity contribution in [2.75, 3.05) is 25.0 Å². The molecule has 0 aliphatic carbocycles. The molecule has 0 unspecified atom stereocenters. The minimum Gasteiger partial charge on any atom is -0.345 e. The second-order valence-corrected chi connectivity index (χ2v) is 10.6. The third kappa shape index (κ3) is 7.25. The van der Waals surface area contributed by atoms with E-state index in [-0.39, 0.29) is 11.9 Å². The summed E-state index contributed by atoms with van der Waals surface area (Å²) in [4.78, 5) is 24.5. The van der Waals surface area contributed by atoms with Crippen LogP contribution in [0.2, 0.25) is 0 Å². The molecule has 1 aliphatic heterocycles. The second kappa shape index (κ2) is 13.2. The lowest BCUT2D eigenvalue weighted by atomic mass is 10.0. The van der Waals surface area contributed by atoms with E-state index in [1.165, 1.54) is 11.1 Å². The Bertz CT molecular complexity index is 1380. The number of hydrogen-bond acceptors (Lipinski definition) is 4. The van der Waals surface area contributed by atoms with E-state index in [2.05, 4.69) is 113 Å². The van der Waals surface area contributed by atoms with E-state index < -0.39 is 0 Å². The molecule has 0 bridgehead atoms. The van der Waals surface area contributed by atoms with Crippen LogP contribution in [0.1, 0.15) is 35.1 Å². The van der Waals surface area contributed by atoms with E-state index in [0.29, 0.717) is 6.54 Å². The number of amides is 1. The normalized spacial score (nSPS) is 14.3. The second-order valence-electron chi connectivity index (χ2n) is 10.6. The van der Waals surface area contributed by atoms with Crippen LogP contribution in [-0.2, 0) is 17.9 Å². The topological polar surface area (TPSA) is 39.7 Å². The number of carbonyl (C=O) groups is 1. The van der Waals surface area contributed by atoms with Crippen molar-refractivity contribution in [3.05, 3.63) is 132 Å². The Morgan fingerprint density at radius 2 is 1.50 bits per heavy atom. The fraction of sp³-hybridized carbons (Fsp3) is 0.257. The molecule has 5 rings (SSSR count). The molecule has 204 valence electrons. The Labute approximate surface area is 238 Å². The number of carbonyl (C=O) groups excluding carboxylic acids is 1. The van der Waals surface area contributed by atoms with Gasteiger partial charge in [-0.15, -0.1) is 0 Å².